The Labute approximate surface area is 116 Å². The molecule has 0 aliphatic rings. The summed E-state index contributed by atoms with van der Waals surface area (Å²) in [5, 5.41) is 3.69. The Morgan fingerprint density at radius 3 is 2.42 bits per heavy atom. The summed E-state index contributed by atoms with van der Waals surface area (Å²) >= 11 is 0. The van der Waals surface area contributed by atoms with Crippen LogP contribution in [0.2, 0.25) is 0 Å². The first kappa shape index (κ1) is 13.7. The minimum Gasteiger partial charge on any atom is -0.382 e. The maximum Gasteiger partial charge on any atom is 0.0374 e. The molecule has 19 heavy (non-hydrogen) atoms. The highest BCUT2D eigenvalue weighted by Gasteiger charge is 2.08. The molecule has 100 valence electrons. The van der Waals surface area contributed by atoms with Crippen molar-refractivity contribution in [1.82, 2.24) is 0 Å². The predicted molar refractivity (Wildman–Crippen MR) is 83.8 cm³/mol. The number of hydrogen-bond acceptors (Lipinski definition) is 1. The second kappa shape index (κ2) is 6.42. The van der Waals surface area contributed by atoms with E-state index < -0.39 is 0 Å². The summed E-state index contributed by atoms with van der Waals surface area (Å²) in [6.45, 7) is 6.55. The number of aryl methyl sites for hydroxylation is 2. The number of hydrogen-bond donors (Lipinski definition) is 1. The van der Waals surface area contributed by atoms with Gasteiger partial charge in [-0.25, -0.2) is 0 Å². The topological polar surface area (TPSA) is 12.0 Å². The molecule has 2 aromatic rings. The Morgan fingerprint density at radius 1 is 1.00 bits per heavy atom. The second-order valence-corrected chi connectivity index (χ2v) is 5.26. The lowest BCUT2D eigenvalue weighted by molar-refractivity contribution is 0.690. The van der Waals surface area contributed by atoms with Crippen LogP contribution in [0.4, 0.5) is 5.69 Å². The summed E-state index contributed by atoms with van der Waals surface area (Å²) in [5.74, 6) is 0. The molecule has 0 fully saturated rings. The van der Waals surface area contributed by atoms with Crippen LogP contribution in [0.25, 0.3) is 0 Å². The average Bonchev–Trinajstić information content (AvgIpc) is 2.43. The minimum absolute atomic E-state index is 0.489. The van der Waals surface area contributed by atoms with Crippen molar-refractivity contribution in [3.63, 3.8) is 0 Å². The van der Waals surface area contributed by atoms with Gasteiger partial charge in [-0.3, -0.25) is 0 Å². The first-order chi connectivity index (χ1) is 9.19. The molecule has 0 aliphatic carbocycles. The summed E-state index contributed by atoms with van der Waals surface area (Å²) in [6.07, 6.45) is 2.20. The summed E-state index contributed by atoms with van der Waals surface area (Å²) in [6, 6.07) is 17.8. The zero-order valence-electron chi connectivity index (χ0n) is 12.1. The fraction of sp³-hybridized carbons (Fsp3) is 0.333. The normalized spacial score (nSPS) is 12.2. The third-order valence-corrected chi connectivity index (χ3v) is 3.57. The molecule has 2 rings (SSSR count). The molecule has 1 N–H and O–H groups in total. The maximum atomic E-state index is 3.69. The highest BCUT2D eigenvalue weighted by Crippen LogP contribution is 2.19. The van der Waals surface area contributed by atoms with Gasteiger partial charge in [0.1, 0.15) is 0 Å². The van der Waals surface area contributed by atoms with Crippen molar-refractivity contribution in [1.29, 1.82) is 0 Å². The van der Waals surface area contributed by atoms with Crippen molar-refractivity contribution in [3.8, 4) is 0 Å². The van der Waals surface area contributed by atoms with Crippen LogP contribution in [0.3, 0.4) is 0 Å². The van der Waals surface area contributed by atoms with E-state index in [-0.39, 0.29) is 0 Å². The fourth-order valence-electron chi connectivity index (χ4n) is 2.31. The highest BCUT2D eigenvalue weighted by atomic mass is 14.9. The van der Waals surface area contributed by atoms with Gasteiger partial charge in [-0.15, -0.1) is 0 Å². The van der Waals surface area contributed by atoms with Gasteiger partial charge in [0, 0.05) is 11.7 Å². The number of rotatable bonds is 5. The highest BCUT2D eigenvalue weighted by molar-refractivity contribution is 5.53. The van der Waals surface area contributed by atoms with E-state index in [2.05, 4.69) is 74.6 Å². The Bertz CT molecular complexity index is 516. The van der Waals surface area contributed by atoms with Gasteiger partial charge in [-0.05, 0) is 49.4 Å². The fourth-order valence-corrected chi connectivity index (χ4v) is 2.31. The first-order valence-corrected chi connectivity index (χ1v) is 7.06. The Morgan fingerprint density at radius 2 is 1.74 bits per heavy atom. The molecule has 1 nitrogen and oxygen atoms in total. The van der Waals surface area contributed by atoms with Crippen LogP contribution < -0.4 is 5.32 Å². The lowest BCUT2D eigenvalue weighted by Gasteiger charge is -2.20. The van der Waals surface area contributed by atoms with Crippen LogP contribution in [-0.2, 0) is 6.42 Å². The first-order valence-electron chi connectivity index (χ1n) is 7.06. The van der Waals surface area contributed by atoms with Crippen LogP contribution in [0.5, 0.6) is 0 Å². The van der Waals surface area contributed by atoms with Crippen molar-refractivity contribution < 1.29 is 0 Å². The monoisotopic (exact) mass is 253 g/mol. The quantitative estimate of drug-likeness (QED) is 0.811. The molecule has 0 heterocycles. The summed E-state index contributed by atoms with van der Waals surface area (Å²) in [7, 11) is 0. The standard InChI is InChI=1S/C18H23N/c1-4-17(13-16-8-6-5-7-9-16)19-18-12-14(2)10-11-15(18)3/h5-12,17,19H,4,13H2,1-3H3. The van der Waals surface area contributed by atoms with E-state index in [1.54, 1.807) is 0 Å². The van der Waals surface area contributed by atoms with Crippen molar-refractivity contribution in [3.05, 3.63) is 65.2 Å². The molecule has 0 amide bonds. The van der Waals surface area contributed by atoms with E-state index in [1.165, 1.54) is 22.4 Å². The maximum absolute atomic E-state index is 3.69. The van der Waals surface area contributed by atoms with E-state index in [0.29, 0.717) is 6.04 Å². The van der Waals surface area contributed by atoms with Gasteiger partial charge in [-0.1, -0.05) is 49.4 Å². The van der Waals surface area contributed by atoms with Crippen molar-refractivity contribution in [2.24, 2.45) is 0 Å². The van der Waals surface area contributed by atoms with E-state index >= 15 is 0 Å². The summed E-state index contributed by atoms with van der Waals surface area (Å²) in [4.78, 5) is 0. The molecule has 1 unspecified atom stereocenters. The summed E-state index contributed by atoms with van der Waals surface area (Å²) in [5.41, 5.74) is 5.29. The Balaban J connectivity index is 2.09. The molecule has 0 aromatic heterocycles. The zero-order valence-corrected chi connectivity index (χ0v) is 12.1. The lowest BCUT2D eigenvalue weighted by atomic mass is 10.0. The van der Waals surface area contributed by atoms with Crippen LogP contribution in [0.15, 0.2) is 48.5 Å². The molecule has 2 aromatic carbocycles. The minimum atomic E-state index is 0.489. The number of anilines is 1. The van der Waals surface area contributed by atoms with Gasteiger partial charge < -0.3 is 5.32 Å². The predicted octanol–water partition coefficient (Wildman–Crippen LogP) is 4.74. The summed E-state index contributed by atoms with van der Waals surface area (Å²) < 4.78 is 0. The van der Waals surface area contributed by atoms with Crippen LogP contribution >= 0.6 is 0 Å². The smallest absolute Gasteiger partial charge is 0.0374 e. The lowest BCUT2D eigenvalue weighted by Crippen LogP contribution is -2.21. The Kier molecular flexibility index (Phi) is 4.62. The molecule has 0 radical (unpaired) electrons. The van der Waals surface area contributed by atoms with Crippen molar-refractivity contribution in [2.75, 3.05) is 5.32 Å². The van der Waals surface area contributed by atoms with Gasteiger partial charge in [0.05, 0.1) is 0 Å². The third kappa shape index (κ3) is 3.85. The third-order valence-electron chi connectivity index (χ3n) is 3.57. The van der Waals surface area contributed by atoms with Crippen LogP contribution in [0.1, 0.15) is 30.0 Å². The number of nitrogens with one attached hydrogen (secondary N) is 1. The van der Waals surface area contributed by atoms with Gasteiger partial charge in [-0.2, -0.15) is 0 Å². The van der Waals surface area contributed by atoms with E-state index in [1.807, 2.05) is 0 Å². The van der Waals surface area contributed by atoms with Gasteiger partial charge in [0.15, 0.2) is 0 Å². The molecule has 1 heteroatoms. The molecule has 1 atom stereocenters. The zero-order chi connectivity index (χ0) is 13.7. The van der Waals surface area contributed by atoms with Gasteiger partial charge in [0.25, 0.3) is 0 Å². The largest absolute Gasteiger partial charge is 0.382 e. The Hall–Kier alpha value is -1.76. The molecule has 0 bridgehead atoms. The van der Waals surface area contributed by atoms with Crippen LogP contribution in [0, 0.1) is 13.8 Å². The van der Waals surface area contributed by atoms with Crippen molar-refractivity contribution in [2.45, 2.75) is 39.7 Å². The molecule has 0 saturated heterocycles. The van der Waals surface area contributed by atoms with Gasteiger partial charge >= 0.3 is 0 Å². The second-order valence-electron chi connectivity index (χ2n) is 5.26. The average molecular weight is 253 g/mol. The van der Waals surface area contributed by atoms with Gasteiger partial charge in [0.2, 0.25) is 0 Å². The van der Waals surface area contributed by atoms with E-state index in [4.69, 9.17) is 0 Å². The number of benzene rings is 2. The molecule has 0 spiro atoms. The molecule has 0 saturated carbocycles. The molecule has 0 aliphatic heterocycles. The van der Waals surface area contributed by atoms with Crippen LogP contribution in [-0.4, -0.2) is 6.04 Å². The van der Waals surface area contributed by atoms with E-state index in [9.17, 15) is 0 Å². The SMILES string of the molecule is CCC(Cc1ccccc1)Nc1cc(C)ccc1C. The molecular formula is C18H23N. The molecular weight excluding hydrogens is 230 g/mol. The van der Waals surface area contributed by atoms with E-state index in [0.717, 1.165) is 12.8 Å². The van der Waals surface area contributed by atoms with Crippen molar-refractivity contribution >= 4 is 5.69 Å².